The highest BCUT2D eigenvalue weighted by molar-refractivity contribution is 9.10. The number of rotatable bonds is 4. The Balaban J connectivity index is 1.93. The van der Waals surface area contributed by atoms with Crippen LogP contribution in [-0.2, 0) is 9.53 Å². The molecule has 142 valence electrons. The van der Waals surface area contributed by atoms with Crippen molar-refractivity contribution in [2.45, 2.75) is 25.8 Å². The van der Waals surface area contributed by atoms with Gasteiger partial charge in [-0.05, 0) is 37.3 Å². The number of aromatic nitrogens is 3. The SMILES string of the molecule is COC(=O)CCC1=NC(c2ccccn2)c2cc(Br)ccc2-n2c(C)cnc21. The van der Waals surface area contributed by atoms with Crippen molar-refractivity contribution >= 4 is 27.6 Å². The molecule has 1 aliphatic heterocycles. The lowest BCUT2D eigenvalue weighted by Crippen LogP contribution is -2.12. The normalized spacial score (nSPS) is 15.2. The molecule has 0 bridgehead atoms. The molecule has 0 saturated carbocycles. The summed E-state index contributed by atoms with van der Waals surface area (Å²) in [5, 5.41) is 0. The first-order valence-corrected chi connectivity index (χ1v) is 9.76. The van der Waals surface area contributed by atoms with Gasteiger partial charge in [-0.1, -0.05) is 22.0 Å². The lowest BCUT2D eigenvalue weighted by molar-refractivity contribution is -0.140. The number of hydrogen-bond acceptors (Lipinski definition) is 5. The Morgan fingerprint density at radius 1 is 1.25 bits per heavy atom. The number of aryl methyl sites for hydroxylation is 1. The fourth-order valence-corrected chi connectivity index (χ4v) is 3.82. The molecule has 2 aromatic heterocycles. The second kappa shape index (κ2) is 7.67. The Hall–Kier alpha value is -2.80. The number of ether oxygens (including phenoxy) is 1. The van der Waals surface area contributed by atoms with Crippen LogP contribution in [0.1, 0.15) is 41.7 Å². The molecule has 1 aromatic carbocycles. The molecule has 1 unspecified atom stereocenters. The molecule has 0 N–H and O–H groups in total. The van der Waals surface area contributed by atoms with Gasteiger partial charge in [0.25, 0.3) is 0 Å². The van der Waals surface area contributed by atoms with Gasteiger partial charge in [0.2, 0.25) is 0 Å². The van der Waals surface area contributed by atoms with Crippen LogP contribution in [0.5, 0.6) is 0 Å². The predicted molar refractivity (Wildman–Crippen MR) is 110 cm³/mol. The third-order valence-corrected chi connectivity index (χ3v) is 5.26. The Morgan fingerprint density at radius 3 is 2.86 bits per heavy atom. The molecule has 0 fully saturated rings. The van der Waals surface area contributed by atoms with Crippen molar-refractivity contribution in [1.29, 1.82) is 0 Å². The number of methoxy groups -OCH3 is 1. The van der Waals surface area contributed by atoms with E-state index in [-0.39, 0.29) is 18.4 Å². The zero-order valence-electron chi connectivity index (χ0n) is 15.6. The van der Waals surface area contributed by atoms with E-state index in [2.05, 4.69) is 42.6 Å². The largest absolute Gasteiger partial charge is 0.469 e. The van der Waals surface area contributed by atoms with E-state index in [1.165, 1.54) is 7.11 Å². The average molecular weight is 439 g/mol. The zero-order valence-corrected chi connectivity index (χ0v) is 17.2. The van der Waals surface area contributed by atoms with E-state index in [4.69, 9.17) is 9.73 Å². The molecule has 0 saturated heterocycles. The van der Waals surface area contributed by atoms with Gasteiger partial charge in [-0.15, -0.1) is 0 Å². The summed E-state index contributed by atoms with van der Waals surface area (Å²) in [5.74, 6) is 0.486. The van der Waals surface area contributed by atoms with Gasteiger partial charge in [0.15, 0.2) is 5.82 Å². The van der Waals surface area contributed by atoms with Crippen molar-refractivity contribution < 1.29 is 9.53 Å². The summed E-state index contributed by atoms with van der Waals surface area (Å²) in [6.45, 7) is 2.02. The number of carbonyl (C=O) groups excluding carboxylic acids is 1. The number of esters is 1. The van der Waals surface area contributed by atoms with E-state index in [1.54, 1.807) is 6.20 Å². The van der Waals surface area contributed by atoms with Crippen molar-refractivity contribution in [3.05, 3.63) is 76.0 Å². The number of halogens is 1. The van der Waals surface area contributed by atoms with Crippen LogP contribution >= 0.6 is 15.9 Å². The molecule has 4 rings (SSSR count). The van der Waals surface area contributed by atoms with Crippen LogP contribution in [0, 0.1) is 6.92 Å². The van der Waals surface area contributed by atoms with Crippen LogP contribution in [0.4, 0.5) is 0 Å². The van der Waals surface area contributed by atoms with Crippen LogP contribution < -0.4 is 0 Å². The zero-order chi connectivity index (χ0) is 19.7. The average Bonchev–Trinajstić information content (AvgIpc) is 3.03. The van der Waals surface area contributed by atoms with Crippen molar-refractivity contribution in [1.82, 2.24) is 14.5 Å². The molecule has 28 heavy (non-hydrogen) atoms. The fourth-order valence-electron chi connectivity index (χ4n) is 3.44. The van der Waals surface area contributed by atoms with Gasteiger partial charge < -0.3 is 4.74 Å². The number of benzene rings is 1. The summed E-state index contributed by atoms with van der Waals surface area (Å²) in [4.78, 5) is 25.9. The Labute approximate surface area is 171 Å². The fraction of sp³-hybridized carbons (Fsp3) is 0.238. The van der Waals surface area contributed by atoms with Gasteiger partial charge in [-0.25, -0.2) is 4.98 Å². The first-order valence-electron chi connectivity index (χ1n) is 8.97. The van der Waals surface area contributed by atoms with Crippen molar-refractivity contribution in [2.24, 2.45) is 4.99 Å². The molecule has 0 amide bonds. The van der Waals surface area contributed by atoms with Gasteiger partial charge in [0, 0.05) is 34.5 Å². The van der Waals surface area contributed by atoms with Crippen molar-refractivity contribution in [3.8, 4) is 5.69 Å². The number of imidazole rings is 1. The van der Waals surface area contributed by atoms with Gasteiger partial charge in [-0.2, -0.15) is 0 Å². The molecule has 3 heterocycles. The summed E-state index contributed by atoms with van der Waals surface area (Å²) >= 11 is 3.58. The van der Waals surface area contributed by atoms with E-state index in [9.17, 15) is 4.79 Å². The maximum Gasteiger partial charge on any atom is 0.305 e. The number of carbonyl (C=O) groups is 1. The highest BCUT2D eigenvalue weighted by Crippen LogP contribution is 2.36. The maximum atomic E-state index is 11.7. The van der Waals surface area contributed by atoms with Crippen molar-refractivity contribution in [3.63, 3.8) is 0 Å². The minimum atomic E-state index is -0.289. The van der Waals surface area contributed by atoms with Gasteiger partial charge in [0.1, 0.15) is 6.04 Å². The van der Waals surface area contributed by atoms with Gasteiger partial charge in [-0.3, -0.25) is 19.3 Å². The first-order chi connectivity index (χ1) is 13.6. The molecule has 3 aromatic rings. The monoisotopic (exact) mass is 438 g/mol. The molecule has 0 aliphatic carbocycles. The minimum Gasteiger partial charge on any atom is -0.469 e. The second-order valence-corrected chi connectivity index (χ2v) is 7.49. The summed E-state index contributed by atoms with van der Waals surface area (Å²) in [7, 11) is 1.40. The quantitative estimate of drug-likeness (QED) is 0.572. The third kappa shape index (κ3) is 3.38. The van der Waals surface area contributed by atoms with E-state index < -0.39 is 0 Å². The van der Waals surface area contributed by atoms with E-state index in [0.29, 0.717) is 6.42 Å². The van der Waals surface area contributed by atoms with Crippen LogP contribution in [0.25, 0.3) is 5.69 Å². The standard InChI is InChI=1S/C21H19BrN4O2/c1-13-12-24-21-17(7-9-19(27)28-2)25-20(16-5-3-4-10-23-16)15-11-14(22)6-8-18(15)26(13)21/h3-6,8,10-12,20H,7,9H2,1-2H3. The molecule has 0 radical (unpaired) electrons. The van der Waals surface area contributed by atoms with Crippen LogP contribution in [0.2, 0.25) is 0 Å². The first kappa shape index (κ1) is 18.6. The molecule has 7 heteroatoms. The number of aliphatic imine (C=N–C) groups is 1. The lowest BCUT2D eigenvalue weighted by Gasteiger charge is -2.16. The summed E-state index contributed by atoms with van der Waals surface area (Å²) in [5.41, 5.74) is 4.66. The Bertz CT molecular complexity index is 1060. The molecule has 1 atom stereocenters. The van der Waals surface area contributed by atoms with E-state index in [1.807, 2.05) is 37.4 Å². The van der Waals surface area contributed by atoms with E-state index in [0.717, 1.165) is 38.6 Å². The third-order valence-electron chi connectivity index (χ3n) is 4.77. The highest BCUT2D eigenvalue weighted by atomic mass is 79.9. The van der Waals surface area contributed by atoms with Gasteiger partial charge >= 0.3 is 5.97 Å². The molecule has 0 spiro atoms. The number of nitrogens with zero attached hydrogens (tertiary/aromatic N) is 4. The summed E-state index contributed by atoms with van der Waals surface area (Å²) in [6, 6.07) is 11.7. The molecule has 1 aliphatic rings. The van der Waals surface area contributed by atoms with Crippen LogP contribution in [0.3, 0.4) is 0 Å². The molecular weight excluding hydrogens is 420 g/mol. The maximum absolute atomic E-state index is 11.7. The minimum absolute atomic E-state index is 0.246. The lowest BCUT2D eigenvalue weighted by atomic mass is 10.0. The highest BCUT2D eigenvalue weighted by Gasteiger charge is 2.28. The molecule has 6 nitrogen and oxygen atoms in total. The molecular formula is C21H19BrN4O2. The van der Waals surface area contributed by atoms with Crippen LogP contribution in [0.15, 0.2) is 58.3 Å². The Morgan fingerprint density at radius 2 is 2.11 bits per heavy atom. The number of hydrogen-bond donors (Lipinski definition) is 0. The smallest absolute Gasteiger partial charge is 0.305 e. The number of fused-ring (bicyclic) bond motifs is 3. The summed E-state index contributed by atoms with van der Waals surface area (Å²) < 4.78 is 7.89. The van der Waals surface area contributed by atoms with Crippen molar-refractivity contribution in [2.75, 3.05) is 7.11 Å². The number of pyridine rings is 1. The van der Waals surface area contributed by atoms with E-state index >= 15 is 0 Å². The summed E-state index contributed by atoms with van der Waals surface area (Å²) in [6.07, 6.45) is 4.29. The van der Waals surface area contributed by atoms with Gasteiger partial charge in [0.05, 0.1) is 30.6 Å². The second-order valence-electron chi connectivity index (χ2n) is 6.57. The Kier molecular flexibility index (Phi) is 5.09. The predicted octanol–water partition coefficient (Wildman–Crippen LogP) is 4.18. The van der Waals surface area contributed by atoms with Crippen LogP contribution in [-0.4, -0.2) is 33.3 Å². The topological polar surface area (TPSA) is 69.4 Å².